The smallest absolute Gasteiger partial charge is 0.239 e. The molecule has 1 saturated heterocycles. The Bertz CT molecular complexity index is 509. The first kappa shape index (κ1) is 14.5. The van der Waals surface area contributed by atoms with Crippen molar-refractivity contribution >= 4 is 11.5 Å². The molecule has 4 nitrogen and oxygen atoms in total. The molecule has 3 rings (SSSR count). The molecule has 0 spiro atoms. The Labute approximate surface area is 127 Å². The van der Waals surface area contributed by atoms with Crippen molar-refractivity contribution in [3.8, 4) is 5.88 Å². The molecule has 2 heterocycles. The van der Waals surface area contributed by atoms with Gasteiger partial charge >= 0.3 is 0 Å². The summed E-state index contributed by atoms with van der Waals surface area (Å²) in [6, 6.07) is 4.64. The summed E-state index contributed by atoms with van der Waals surface area (Å²) in [6.45, 7) is 7.18. The molecule has 2 N–H and O–H groups in total. The lowest BCUT2D eigenvalue weighted by Gasteiger charge is -2.33. The summed E-state index contributed by atoms with van der Waals surface area (Å²) < 4.78 is 5.91. The second kappa shape index (κ2) is 5.39. The van der Waals surface area contributed by atoms with Gasteiger partial charge in [-0.1, -0.05) is 12.8 Å². The Morgan fingerprint density at radius 2 is 1.95 bits per heavy atom. The van der Waals surface area contributed by atoms with E-state index in [1.165, 1.54) is 32.1 Å². The maximum Gasteiger partial charge on any atom is 0.239 e. The number of nitrogen functional groups attached to an aromatic ring is 1. The van der Waals surface area contributed by atoms with Crippen molar-refractivity contribution in [1.29, 1.82) is 0 Å². The molecule has 21 heavy (non-hydrogen) atoms. The first-order chi connectivity index (χ1) is 9.94. The topological polar surface area (TPSA) is 51.4 Å². The number of hydrogen-bond acceptors (Lipinski definition) is 4. The fourth-order valence-corrected chi connectivity index (χ4v) is 3.66. The summed E-state index contributed by atoms with van der Waals surface area (Å²) in [4.78, 5) is 7.18. The number of ether oxygens (including phenoxy) is 1. The van der Waals surface area contributed by atoms with Gasteiger partial charge < -0.3 is 15.4 Å². The van der Waals surface area contributed by atoms with Gasteiger partial charge in [-0.25, -0.2) is 0 Å². The van der Waals surface area contributed by atoms with Crippen molar-refractivity contribution in [3.63, 3.8) is 0 Å². The predicted molar refractivity (Wildman–Crippen MR) is 86.7 cm³/mol. The van der Waals surface area contributed by atoms with Gasteiger partial charge in [0.05, 0.1) is 5.69 Å². The van der Waals surface area contributed by atoms with Crippen molar-refractivity contribution < 1.29 is 4.74 Å². The third-order valence-corrected chi connectivity index (χ3v) is 4.58. The number of pyridine rings is 1. The fourth-order valence-electron chi connectivity index (χ4n) is 3.66. The largest absolute Gasteiger partial charge is 0.470 e. The number of aromatic nitrogens is 1. The Balaban J connectivity index is 1.84. The summed E-state index contributed by atoms with van der Waals surface area (Å²) in [5.41, 5.74) is 6.36. The van der Waals surface area contributed by atoms with Crippen LogP contribution < -0.4 is 15.4 Å². The molecule has 0 bridgehead atoms. The van der Waals surface area contributed by atoms with Crippen LogP contribution in [0.3, 0.4) is 0 Å². The van der Waals surface area contributed by atoms with Crippen LogP contribution >= 0.6 is 0 Å². The molecule has 116 valence electrons. The van der Waals surface area contributed by atoms with Crippen LogP contribution in [0.2, 0.25) is 0 Å². The number of anilines is 2. The van der Waals surface area contributed by atoms with Crippen LogP contribution in [-0.2, 0) is 0 Å². The van der Waals surface area contributed by atoms with Crippen molar-refractivity contribution in [2.75, 3.05) is 17.2 Å². The van der Waals surface area contributed by atoms with Crippen LogP contribution in [-0.4, -0.2) is 23.2 Å². The van der Waals surface area contributed by atoms with E-state index in [1.54, 1.807) is 0 Å². The van der Waals surface area contributed by atoms with Crippen LogP contribution in [0.5, 0.6) is 5.88 Å². The third kappa shape index (κ3) is 3.09. The predicted octanol–water partition coefficient (Wildman–Crippen LogP) is 3.61. The first-order valence-electron chi connectivity index (χ1n) is 8.16. The zero-order valence-electron chi connectivity index (χ0n) is 13.4. The molecule has 0 aromatic carbocycles. The zero-order chi connectivity index (χ0) is 15.0. The summed E-state index contributed by atoms with van der Waals surface area (Å²) in [5, 5.41) is 0. The van der Waals surface area contributed by atoms with Crippen LogP contribution in [0.25, 0.3) is 0 Å². The molecule has 0 radical (unpaired) electrons. The zero-order valence-corrected chi connectivity index (χ0v) is 13.4. The van der Waals surface area contributed by atoms with Gasteiger partial charge in [0.1, 0.15) is 11.4 Å². The van der Waals surface area contributed by atoms with E-state index < -0.39 is 0 Å². The first-order valence-corrected chi connectivity index (χ1v) is 8.16. The van der Waals surface area contributed by atoms with E-state index in [1.807, 2.05) is 32.9 Å². The van der Waals surface area contributed by atoms with Gasteiger partial charge in [-0.15, -0.1) is 0 Å². The molecule has 1 aliphatic heterocycles. The minimum atomic E-state index is -0.280. The number of fused-ring (bicyclic) bond motifs is 1. The molecule has 2 unspecified atom stereocenters. The SMILES string of the molecule is CC(C)(C)Oc1nc(N2CCC3CCCCC32)ccc1N. The average molecular weight is 289 g/mol. The Hall–Kier alpha value is -1.45. The minimum absolute atomic E-state index is 0.280. The van der Waals surface area contributed by atoms with Gasteiger partial charge in [-0.05, 0) is 58.1 Å². The van der Waals surface area contributed by atoms with Gasteiger partial charge in [-0.3, -0.25) is 0 Å². The highest BCUT2D eigenvalue weighted by molar-refractivity contribution is 5.55. The number of hydrogen-bond donors (Lipinski definition) is 1. The van der Waals surface area contributed by atoms with Crippen LogP contribution in [0.15, 0.2) is 12.1 Å². The lowest BCUT2D eigenvalue weighted by Crippen LogP contribution is -2.35. The van der Waals surface area contributed by atoms with E-state index in [0.717, 1.165) is 18.3 Å². The van der Waals surface area contributed by atoms with E-state index >= 15 is 0 Å². The maximum absolute atomic E-state index is 6.02. The van der Waals surface area contributed by atoms with E-state index in [2.05, 4.69) is 4.90 Å². The van der Waals surface area contributed by atoms with E-state index in [9.17, 15) is 0 Å². The fraction of sp³-hybridized carbons (Fsp3) is 0.706. The molecule has 2 aliphatic rings. The molecule has 2 fully saturated rings. The number of nitrogens with zero attached hydrogens (tertiary/aromatic N) is 2. The van der Waals surface area contributed by atoms with Gasteiger partial charge in [-0.2, -0.15) is 4.98 Å². The molecular weight excluding hydrogens is 262 g/mol. The summed E-state index contributed by atoms with van der Waals surface area (Å²) in [5.74, 6) is 2.45. The van der Waals surface area contributed by atoms with Crippen molar-refractivity contribution in [2.24, 2.45) is 5.92 Å². The van der Waals surface area contributed by atoms with Gasteiger partial charge in [0, 0.05) is 12.6 Å². The minimum Gasteiger partial charge on any atom is -0.470 e. The lowest BCUT2D eigenvalue weighted by molar-refractivity contribution is 0.125. The molecule has 2 atom stereocenters. The van der Waals surface area contributed by atoms with Crippen LogP contribution in [0.4, 0.5) is 11.5 Å². The highest BCUT2D eigenvalue weighted by atomic mass is 16.5. The van der Waals surface area contributed by atoms with Crippen molar-refractivity contribution in [1.82, 2.24) is 4.98 Å². The Morgan fingerprint density at radius 3 is 2.71 bits per heavy atom. The third-order valence-electron chi connectivity index (χ3n) is 4.58. The van der Waals surface area contributed by atoms with E-state index in [4.69, 9.17) is 15.5 Å². The quantitative estimate of drug-likeness (QED) is 0.903. The maximum atomic E-state index is 6.02. The van der Waals surface area contributed by atoms with Gasteiger partial charge in [0.2, 0.25) is 5.88 Å². The van der Waals surface area contributed by atoms with Gasteiger partial charge in [0.15, 0.2) is 0 Å². The van der Waals surface area contributed by atoms with Crippen LogP contribution in [0, 0.1) is 5.92 Å². The molecular formula is C17H27N3O. The van der Waals surface area contributed by atoms with Crippen LogP contribution in [0.1, 0.15) is 52.9 Å². The monoisotopic (exact) mass is 289 g/mol. The molecule has 1 saturated carbocycles. The highest BCUT2D eigenvalue weighted by Crippen LogP contribution is 2.39. The van der Waals surface area contributed by atoms with E-state index in [0.29, 0.717) is 17.6 Å². The second-order valence-corrected chi connectivity index (χ2v) is 7.37. The summed E-state index contributed by atoms with van der Waals surface area (Å²) >= 11 is 0. The lowest BCUT2D eigenvalue weighted by atomic mass is 9.85. The molecule has 1 aromatic rings. The molecule has 1 aliphatic carbocycles. The van der Waals surface area contributed by atoms with Crippen molar-refractivity contribution in [3.05, 3.63) is 12.1 Å². The van der Waals surface area contributed by atoms with Gasteiger partial charge in [0.25, 0.3) is 0 Å². The summed E-state index contributed by atoms with van der Waals surface area (Å²) in [6.07, 6.45) is 6.71. The number of nitrogens with two attached hydrogens (primary N) is 1. The molecule has 1 aromatic heterocycles. The second-order valence-electron chi connectivity index (χ2n) is 7.37. The molecule has 0 amide bonds. The summed E-state index contributed by atoms with van der Waals surface area (Å²) in [7, 11) is 0. The normalized spacial score (nSPS) is 25.8. The average Bonchev–Trinajstić information content (AvgIpc) is 2.84. The number of rotatable bonds is 2. The standard InChI is InChI=1S/C17H27N3O/c1-17(2,3)21-16-13(18)8-9-15(19-16)20-11-10-12-6-4-5-7-14(12)20/h8-9,12,14H,4-7,10-11,18H2,1-3H3. The van der Waals surface area contributed by atoms with Crippen molar-refractivity contribution in [2.45, 2.75) is 64.5 Å². The Morgan fingerprint density at radius 1 is 1.19 bits per heavy atom. The molecule has 4 heteroatoms. The highest BCUT2D eigenvalue weighted by Gasteiger charge is 2.36. The van der Waals surface area contributed by atoms with E-state index in [-0.39, 0.29) is 5.60 Å². The Kier molecular flexibility index (Phi) is 3.72.